The number of amides is 2. The van der Waals surface area contributed by atoms with E-state index in [4.69, 9.17) is 4.98 Å². The summed E-state index contributed by atoms with van der Waals surface area (Å²) in [4.78, 5) is 31.5. The number of hydrogen-bond acceptors (Lipinski definition) is 4. The second-order valence-electron chi connectivity index (χ2n) is 8.12. The molecular weight excluding hydrogens is 408 g/mol. The summed E-state index contributed by atoms with van der Waals surface area (Å²) in [5.74, 6) is 0.253. The van der Waals surface area contributed by atoms with Crippen molar-refractivity contribution in [2.45, 2.75) is 71.0 Å². The van der Waals surface area contributed by atoms with Gasteiger partial charge in [0.25, 0.3) is 5.91 Å². The summed E-state index contributed by atoms with van der Waals surface area (Å²) in [5, 5.41) is 3.88. The van der Waals surface area contributed by atoms with Gasteiger partial charge in [-0.05, 0) is 64.8 Å². The maximum Gasteiger partial charge on any atom is 0.253 e. The zero-order chi connectivity index (χ0) is 22.4. The Kier molecular flexibility index (Phi) is 8.18. The van der Waals surface area contributed by atoms with Gasteiger partial charge in [-0.1, -0.05) is 31.0 Å². The van der Waals surface area contributed by atoms with E-state index in [1.165, 1.54) is 49.6 Å². The molecule has 0 aliphatic heterocycles. The molecule has 0 bridgehead atoms. The number of imidazole rings is 1. The largest absolute Gasteiger partial charge is 0.339 e. The van der Waals surface area contributed by atoms with E-state index < -0.39 is 0 Å². The van der Waals surface area contributed by atoms with E-state index in [-0.39, 0.29) is 11.8 Å². The van der Waals surface area contributed by atoms with E-state index in [9.17, 15) is 9.59 Å². The van der Waals surface area contributed by atoms with Crippen LogP contribution in [0.5, 0.6) is 0 Å². The van der Waals surface area contributed by atoms with Gasteiger partial charge in [0, 0.05) is 36.1 Å². The molecule has 3 rings (SSSR count). The summed E-state index contributed by atoms with van der Waals surface area (Å²) in [7, 11) is 0. The van der Waals surface area contributed by atoms with Crippen LogP contribution in [-0.2, 0) is 4.79 Å². The van der Waals surface area contributed by atoms with Crippen molar-refractivity contribution < 1.29 is 9.59 Å². The quantitative estimate of drug-likeness (QED) is 0.569. The minimum absolute atomic E-state index is 0.0127. The maximum atomic E-state index is 12.5. The highest BCUT2D eigenvalue weighted by atomic mass is 32.2. The molecular formula is C24H34N4O2S. The van der Waals surface area contributed by atoms with E-state index >= 15 is 0 Å². The number of carbonyl (C=O) groups excluding carboxylic acids is 2. The Morgan fingerprint density at radius 3 is 2.35 bits per heavy atom. The monoisotopic (exact) mass is 442 g/mol. The van der Waals surface area contributed by atoms with Gasteiger partial charge in [0.15, 0.2) is 5.16 Å². The molecule has 0 spiro atoms. The Hall–Kier alpha value is -2.28. The van der Waals surface area contributed by atoms with Crippen molar-refractivity contribution in [1.29, 1.82) is 0 Å². The highest BCUT2D eigenvalue weighted by molar-refractivity contribution is 7.99. The first kappa shape index (κ1) is 23.4. The van der Waals surface area contributed by atoms with Gasteiger partial charge < -0.3 is 14.8 Å². The van der Waals surface area contributed by atoms with Crippen LogP contribution in [0.15, 0.2) is 29.4 Å². The molecule has 168 valence electrons. The van der Waals surface area contributed by atoms with Crippen LogP contribution in [-0.4, -0.2) is 45.1 Å². The standard InChI is InChI=1S/C24H34N4O2S/c1-5-27(6-2)23(30)19-12-14-20(15-13-19)26-22(29)16-31-24-25-17(3)18(4)28(24)21-10-8-7-9-11-21/h12-15,21H,5-11,16H2,1-4H3,(H,26,29). The van der Waals surface area contributed by atoms with Crippen molar-refractivity contribution >= 4 is 29.3 Å². The number of benzene rings is 1. The summed E-state index contributed by atoms with van der Waals surface area (Å²) in [5.41, 5.74) is 3.59. The molecule has 31 heavy (non-hydrogen) atoms. The lowest BCUT2D eigenvalue weighted by atomic mass is 9.95. The molecule has 7 heteroatoms. The molecule has 1 aliphatic rings. The summed E-state index contributed by atoms with van der Waals surface area (Å²) in [6.45, 7) is 9.47. The lowest BCUT2D eigenvalue weighted by Crippen LogP contribution is -2.30. The normalized spacial score (nSPS) is 14.5. The van der Waals surface area contributed by atoms with E-state index in [1.807, 2.05) is 20.8 Å². The van der Waals surface area contributed by atoms with Crippen molar-refractivity contribution in [1.82, 2.24) is 14.5 Å². The number of hydrogen-bond donors (Lipinski definition) is 1. The zero-order valence-electron chi connectivity index (χ0n) is 19.1. The summed E-state index contributed by atoms with van der Waals surface area (Å²) >= 11 is 1.50. The topological polar surface area (TPSA) is 67.2 Å². The van der Waals surface area contributed by atoms with Gasteiger partial charge in [-0.25, -0.2) is 4.98 Å². The second kappa shape index (κ2) is 10.8. The number of nitrogens with zero attached hydrogens (tertiary/aromatic N) is 3. The lowest BCUT2D eigenvalue weighted by Gasteiger charge is -2.26. The SMILES string of the molecule is CCN(CC)C(=O)c1ccc(NC(=O)CSc2nc(C)c(C)n2C2CCCCC2)cc1. The third-order valence-electron chi connectivity index (χ3n) is 6.09. The molecule has 1 aromatic heterocycles. The zero-order valence-corrected chi connectivity index (χ0v) is 19.9. The van der Waals surface area contributed by atoms with E-state index in [2.05, 4.69) is 16.8 Å². The summed E-state index contributed by atoms with van der Waals surface area (Å²) in [6.07, 6.45) is 6.22. The van der Waals surface area contributed by atoms with Crippen LogP contribution < -0.4 is 5.32 Å². The van der Waals surface area contributed by atoms with Gasteiger partial charge in [-0.3, -0.25) is 9.59 Å². The Morgan fingerprint density at radius 2 is 1.74 bits per heavy atom. The van der Waals surface area contributed by atoms with Gasteiger partial charge in [-0.15, -0.1) is 0 Å². The number of thioether (sulfide) groups is 1. The molecule has 1 N–H and O–H groups in total. The predicted octanol–water partition coefficient (Wildman–Crippen LogP) is 5.22. The molecule has 0 radical (unpaired) electrons. The first-order valence-electron chi connectivity index (χ1n) is 11.3. The fourth-order valence-corrected chi connectivity index (χ4v) is 5.14. The lowest BCUT2D eigenvalue weighted by molar-refractivity contribution is -0.113. The predicted molar refractivity (Wildman–Crippen MR) is 127 cm³/mol. The van der Waals surface area contributed by atoms with Crippen LogP contribution in [0.4, 0.5) is 5.69 Å². The molecule has 2 aromatic rings. The van der Waals surface area contributed by atoms with Crippen LogP contribution >= 0.6 is 11.8 Å². The van der Waals surface area contributed by atoms with Crippen LogP contribution in [0.3, 0.4) is 0 Å². The fraction of sp³-hybridized carbons (Fsp3) is 0.542. The van der Waals surface area contributed by atoms with Gasteiger partial charge >= 0.3 is 0 Å². The Morgan fingerprint density at radius 1 is 1.10 bits per heavy atom. The van der Waals surface area contributed by atoms with Gasteiger partial charge in [0.2, 0.25) is 5.91 Å². The van der Waals surface area contributed by atoms with E-state index in [0.717, 1.165) is 10.9 Å². The first-order valence-corrected chi connectivity index (χ1v) is 12.3. The maximum absolute atomic E-state index is 12.5. The average Bonchev–Trinajstić information content (AvgIpc) is 3.07. The number of carbonyl (C=O) groups is 2. The molecule has 2 amide bonds. The van der Waals surface area contributed by atoms with E-state index in [1.54, 1.807) is 29.2 Å². The number of aromatic nitrogens is 2. The molecule has 1 fully saturated rings. The van der Waals surface area contributed by atoms with Gasteiger partial charge in [0.1, 0.15) is 0 Å². The summed E-state index contributed by atoms with van der Waals surface area (Å²) in [6, 6.07) is 7.61. The minimum atomic E-state index is -0.0682. The number of rotatable bonds is 8. The van der Waals surface area contributed by atoms with Crippen molar-refractivity contribution in [3.63, 3.8) is 0 Å². The van der Waals surface area contributed by atoms with Crippen LogP contribution in [0, 0.1) is 13.8 Å². The molecule has 0 saturated heterocycles. The average molecular weight is 443 g/mol. The highest BCUT2D eigenvalue weighted by Crippen LogP contribution is 2.34. The molecule has 1 heterocycles. The number of anilines is 1. The number of nitrogens with one attached hydrogen (secondary N) is 1. The Labute approximate surface area is 189 Å². The third-order valence-corrected chi connectivity index (χ3v) is 7.05. The van der Waals surface area contributed by atoms with Crippen molar-refractivity contribution in [3.8, 4) is 0 Å². The third kappa shape index (κ3) is 5.70. The fourth-order valence-electron chi connectivity index (χ4n) is 4.18. The van der Waals surface area contributed by atoms with Crippen LogP contribution in [0.25, 0.3) is 0 Å². The van der Waals surface area contributed by atoms with Gasteiger partial charge in [-0.2, -0.15) is 0 Å². The van der Waals surface area contributed by atoms with Crippen molar-refractivity contribution in [3.05, 3.63) is 41.2 Å². The molecule has 1 aliphatic carbocycles. The molecule has 0 atom stereocenters. The smallest absolute Gasteiger partial charge is 0.253 e. The summed E-state index contributed by atoms with van der Waals surface area (Å²) < 4.78 is 2.35. The Bertz CT molecular complexity index is 897. The second-order valence-corrected chi connectivity index (χ2v) is 9.06. The van der Waals surface area contributed by atoms with Crippen LogP contribution in [0.2, 0.25) is 0 Å². The van der Waals surface area contributed by atoms with Gasteiger partial charge in [0.05, 0.1) is 11.4 Å². The molecule has 6 nitrogen and oxygen atoms in total. The van der Waals surface area contributed by atoms with Crippen LogP contribution in [0.1, 0.15) is 73.7 Å². The first-order chi connectivity index (χ1) is 14.9. The van der Waals surface area contributed by atoms with E-state index in [0.29, 0.717) is 36.1 Å². The minimum Gasteiger partial charge on any atom is -0.339 e. The molecule has 0 unspecified atom stereocenters. The molecule has 1 saturated carbocycles. The number of aryl methyl sites for hydroxylation is 1. The van der Waals surface area contributed by atoms with Crippen molar-refractivity contribution in [2.24, 2.45) is 0 Å². The highest BCUT2D eigenvalue weighted by Gasteiger charge is 2.22. The molecule has 1 aromatic carbocycles. The Balaban J connectivity index is 1.59. The van der Waals surface area contributed by atoms with Crippen molar-refractivity contribution in [2.75, 3.05) is 24.2 Å².